The van der Waals surface area contributed by atoms with Crippen molar-refractivity contribution in [1.29, 1.82) is 0 Å². The minimum atomic E-state index is 0.316. The van der Waals surface area contributed by atoms with Crippen LogP contribution in [0.2, 0.25) is 0 Å². The zero-order valence-electron chi connectivity index (χ0n) is 22.3. The average molecular weight is 468 g/mol. The third-order valence-electron chi connectivity index (χ3n) is 7.29. The van der Waals surface area contributed by atoms with Crippen LogP contribution in [0.25, 0.3) is 27.8 Å². The highest BCUT2D eigenvalue weighted by atomic mass is 15.0. The summed E-state index contributed by atoms with van der Waals surface area (Å²) in [7, 11) is 0. The molecule has 0 saturated carbocycles. The first-order valence-corrected chi connectivity index (χ1v) is 13.3. The number of aryl methyl sites for hydroxylation is 2. The lowest BCUT2D eigenvalue weighted by Gasteiger charge is -2.17. The Kier molecular flexibility index (Phi) is 7.76. The Hall–Kier alpha value is -2.91. The van der Waals surface area contributed by atoms with Gasteiger partial charge in [-0.25, -0.2) is 0 Å². The topological polar surface area (TPSA) is 43.8 Å². The first-order valence-electron chi connectivity index (χ1n) is 13.3. The van der Waals surface area contributed by atoms with Crippen molar-refractivity contribution in [2.24, 2.45) is 11.7 Å². The van der Waals surface area contributed by atoms with Crippen LogP contribution in [0.1, 0.15) is 82.1 Å². The maximum absolute atomic E-state index is 6.36. The van der Waals surface area contributed by atoms with Crippen molar-refractivity contribution in [3.63, 3.8) is 0 Å². The van der Waals surface area contributed by atoms with Gasteiger partial charge in [0, 0.05) is 22.8 Å². The van der Waals surface area contributed by atoms with E-state index in [0.29, 0.717) is 24.3 Å². The van der Waals surface area contributed by atoms with Crippen molar-refractivity contribution in [3.05, 3.63) is 83.2 Å². The van der Waals surface area contributed by atoms with Crippen LogP contribution < -0.4 is 5.73 Å². The maximum atomic E-state index is 6.36. The fourth-order valence-corrected chi connectivity index (χ4v) is 5.34. The van der Waals surface area contributed by atoms with Crippen molar-refractivity contribution >= 4 is 10.9 Å². The van der Waals surface area contributed by atoms with Crippen molar-refractivity contribution in [1.82, 2.24) is 9.55 Å². The zero-order chi connectivity index (χ0) is 25.1. The lowest BCUT2D eigenvalue weighted by atomic mass is 9.89. The van der Waals surface area contributed by atoms with Gasteiger partial charge in [0.2, 0.25) is 0 Å². The summed E-state index contributed by atoms with van der Waals surface area (Å²) in [5, 5.41) is 1.27. The standard InChI is InChI=1S/C32H41N3/c1-7-23-10-9-11-24(8-2)32(23)30-17-28-29(26(18-33)16-21(3)4)20-35(31(28)19-34-30)27-14-12-25(13-15-27)22(5)6/h9-15,17,19-22,26H,7-8,16,18,33H2,1-6H3. The SMILES string of the molecule is CCc1cccc(CC)c1-c1cc2c(C(CN)CC(C)C)cn(-c3ccc(C(C)C)cc3)c2cn1. The first-order chi connectivity index (χ1) is 16.9. The molecule has 2 heterocycles. The summed E-state index contributed by atoms with van der Waals surface area (Å²) in [6.07, 6.45) is 7.45. The van der Waals surface area contributed by atoms with Gasteiger partial charge in [-0.2, -0.15) is 0 Å². The van der Waals surface area contributed by atoms with Gasteiger partial charge in [0.05, 0.1) is 17.4 Å². The van der Waals surface area contributed by atoms with Crippen LogP contribution in [0.15, 0.2) is 60.9 Å². The van der Waals surface area contributed by atoms with Gasteiger partial charge in [-0.15, -0.1) is 0 Å². The number of nitrogens with two attached hydrogens (primary N) is 1. The highest BCUT2D eigenvalue weighted by Gasteiger charge is 2.21. The molecule has 2 aromatic heterocycles. The molecule has 3 nitrogen and oxygen atoms in total. The Balaban J connectivity index is 1.94. The third kappa shape index (κ3) is 5.06. The summed E-state index contributed by atoms with van der Waals surface area (Å²) in [6, 6.07) is 17.9. The van der Waals surface area contributed by atoms with Crippen LogP contribution in [0.5, 0.6) is 0 Å². The highest BCUT2D eigenvalue weighted by Crippen LogP contribution is 2.36. The highest BCUT2D eigenvalue weighted by molar-refractivity contribution is 5.89. The molecule has 1 unspecified atom stereocenters. The van der Waals surface area contributed by atoms with Gasteiger partial charge < -0.3 is 10.3 Å². The van der Waals surface area contributed by atoms with E-state index >= 15 is 0 Å². The molecule has 0 spiro atoms. The van der Waals surface area contributed by atoms with Gasteiger partial charge in [0.15, 0.2) is 0 Å². The normalized spacial score (nSPS) is 12.7. The molecule has 0 aliphatic heterocycles. The minimum absolute atomic E-state index is 0.316. The van der Waals surface area contributed by atoms with Crippen LogP contribution in [0.3, 0.4) is 0 Å². The number of benzene rings is 2. The van der Waals surface area contributed by atoms with Crippen LogP contribution in [0, 0.1) is 5.92 Å². The van der Waals surface area contributed by atoms with E-state index < -0.39 is 0 Å². The van der Waals surface area contributed by atoms with Crippen LogP contribution in [-0.2, 0) is 12.8 Å². The number of rotatable bonds is 9. The Morgan fingerprint density at radius 2 is 1.57 bits per heavy atom. The molecule has 1 atom stereocenters. The molecule has 2 N–H and O–H groups in total. The summed E-state index contributed by atoms with van der Waals surface area (Å²) < 4.78 is 2.31. The molecule has 0 radical (unpaired) electrons. The molecule has 4 aromatic rings. The van der Waals surface area contributed by atoms with Gasteiger partial charge in [0.1, 0.15) is 0 Å². The molecule has 0 fully saturated rings. The van der Waals surface area contributed by atoms with E-state index in [1.807, 2.05) is 0 Å². The molecule has 184 valence electrons. The van der Waals surface area contributed by atoms with Crippen LogP contribution >= 0.6 is 0 Å². The lowest BCUT2D eigenvalue weighted by Crippen LogP contribution is -2.14. The molecule has 4 rings (SSSR count). The maximum Gasteiger partial charge on any atom is 0.0716 e. The van der Waals surface area contributed by atoms with Crippen molar-refractivity contribution in [3.8, 4) is 16.9 Å². The van der Waals surface area contributed by atoms with Gasteiger partial charge in [-0.3, -0.25) is 4.98 Å². The molecule has 0 aliphatic rings. The monoisotopic (exact) mass is 467 g/mol. The Bertz CT molecular complexity index is 1260. The first kappa shape index (κ1) is 25.2. The average Bonchev–Trinajstić information content (AvgIpc) is 3.25. The number of hydrogen-bond donors (Lipinski definition) is 1. The second-order valence-corrected chi connectivity index (χ2v) is 10.5. The Labute approximate surface area is 211 Å². The fraction of sp³-hybridized carbons (Fsp3) is 0.406. The predicted molar refractivity (Wildman–Crippen MR) is 151 cm³/mol. The molecule has 2 aromatic carbocycles. The van der Waals surface area contributed by atoms with E-state index in [1.165, 1.54) is 38.9 Å². The van der Waals surface area contributed by atoms with Crippen molar-refractivity contribution in [2.75, 3.05) is 6.54 Å². The minimum Gasteiger partial charge on any atom is -0.330 e. The third-order valence-corrected chi connectivity index (χ3v) is 7.29. The predicted octanol–water partition coefficient (Wildman–Crippen LogP) is 8.03. The largest absolute Gasteiger partial charge is 0.330 e. The molecular weight excluding hydrogens is 426 g/mol. The fourth-order valence-electron chi connectivity index (χ4n) is 5.34. The quantitative estimate of drug-likeness (QED) is 0.271. The number of pyridine rings is 1. The molecule has 0 saturated heterocycles. The number of aromatic nitrogens is 2. The zero-order valence-corrected chi connectivity index (χ0v) is 22.3. The van der Waals surface area contributed by atoms with E-state index in [0.717, 1.165) is 30.5 Å². The smallest absolute Gasteiger partial charge is 0.0716 e. The van der Waals surface area contributed by atoms with Crippen molar-refractivity contribution < 1.29 is 0 Å². The summed E-state index contributed by atoms with van der Waals surface area (Å²) >= 11 is 0. The van der Waals surface area contributed by atoms with E-state index in [2.05, 4.69) is 107 Å². The summed E-state index contributed by atoms with van der Waals surface area (Å²) in [5.41, 5.74) is 16.5. The van der Waals surface area contributed by atoms with Gasteiger partial charge in [0.25, 0.3) is 0 Å². The second-order valence-electron chi connectivity index (χ2n) is 10.5. The van der Waals surface area contributed by atoms with Gasteiger partial charge in [-0.05, 0) is 84.0 Å². The van der Waals surface area contributed by atoms with E-state index in [-0.39, 0.29) is 0 Å². The Morgan fingerprint density at radius 3 is 2.11 bits per heavy atom. The van der Waals surface area contributed by atoms with E-state index in [4.69, 9.17) is 10.7 Å². The van der Waals surface area contributed by atoms with Crippen LogP contribution in [0.4, 0.5) is 0 Å². The molecule has 0 amide bonds. The molecule has 0 bridgehead atoms. The second kappa shape index (κ2) is 10.8. The lowest BCUT2D eigenvalue weighted by molar-refractivity contribution is 0.506. The van der Waals surface area contributed by atoms with Crippen LogP contribution in [-0.4, -0.2) is 16.1 Å². The van der Waals surface area contributed by atoms with Crippen molar-refractivity contribution in [2.45, 2.75) is 72.6 Å². The van der Waals surface area contributed by atoms with E-state index in [1.54, 1.807) is 0 Å². The number of nitrogens with zero attached hydrogens (tertiary/aromatic N) is 2. The summed E-state index contributed by atoms with van der Waals surface area (Å²) in [6.45, 7) is 14.1. The molecular formula is C32H41N3. The summed E-state index contributed by atoms with van der Waals surface area (Å²) in [4.78, 5) is 5.03. The number of hydrogen-bond acceptors (Lipinski definition) is 2. The van der Waals surface area contributed by atoms with E-state index in [9.17, 15) is 0 Å². The molecule has 35 heavy (non-hydrogen) atoms. The molecule has 3 heteroatoms. The summed E-state index contributed by atoms with van der Waals surface area (Å²) in [5.74, 6) is 1.42. The number of fused-ring (bicyclic) bond motifs is 1. The Morgan fingerprint density at radius 1 is 0.914 bits per heavy atom. The van der Waals surface area contributed by atoms with Gasteiger partial charge in [-0.1, -0.05) is 71.9 Å². The van der Waals surface area contributed by atoms with Gasteiger partial charge >= 0.3 is 0 Å². The molecule has 0 aliphatic carbocycles.